The quantitative estimate of drug-likeness (QED) is 0.558. The van der Waals surface area contributed by atoms with Gasteiger partial charge in [-0.15, -0.1) is 0 Å². The minimum Gasteiger partial charge on any atom is -0.465 e. The summed E-state index contributed by atoms with van der Waals surface area (Å²) >= 11 is 0. The fourth-order valence-electron chi connectivity index (χ4n) is 2.38. The first-order valence-electron chi connectivity index (χ1n) is 7.82. The Kier molecular flexibility index (Phi) is 6.51. The Morgan fingerprint density at radius 2 is 1.92 bits per heavy atom. The molecule has 0 aromatic heterocycles. The molecule has 1 heterocycles. The minimum atomic E-state index is -3.08. The summed E-state index contributed by atoms with van der Waals surface area (Å²) in [7, 11) is -1.80. The molecule has 0 radical (unpaired) electrons. The summed E-state index contributed by atoms with van der Waals surface area (Å²) in [6.45, 7) is -0.485. The molecule has 1 atom stereocenters. The van der Waals surface area contributed by atoms with Crippen LogP contribution in [0.3, 0.4) is 0 Å². The average molecular weight is 381 g/mol. The van der Waals surface area contributed by atoms with Crippen molar-refractivity contribution in [2.75, 3.05) is 25.2 Å². The molecule has 1 aromatic carbocycles. The maximum atomic E-state index is 11.7. The molecule has 0 bridgehead atoms. The summed E-state index contributed by atoms with van der Waals surface area (Å²) in [6, 6.07) is 5.93. The van der Waals surface area contributed by atoms with Crippen LogP contribution in [0.2, 0.25) is 0 Å². The van der Waals surface area contributed by atoms with Crippen LogP contribution in [-0.2, 0) is 28.9 Å². The van der Waals surface area contributed by atoms with E-state index in [1.54, 1.807) is 24.3 Å². The van der Waals surface area contributed by atoms with Crippen LogP contribution >= 0.6 is 0 Å². The lowest BCUT2D eigenvalue weighted by molar-refractivity contribution is -0.143. The highest BCUT2D eigenvalue weighted by atomic mass is 32.2. The van der Waals surface area contributed by atoms with Crippen molar-refractivity contribution in [2.45, 2.75) is 12.5 Å². The molecular weight excluding hydrogens is 362 g/mol. The van der Waals surface area contributed by atoms with Crippen LogP contribution < -0.4 is 5.32 Å². The predicted molar refractivity (Wildman–Crippen MR) is 93.0 cm³/mol. The molecule has 1 aliphatic heterocycles. The van der Waals surface area contributed by atoms with Crippen LogP contribution in [-0.4, -0.2) is 57.5 Å². The Balaban J connectivity index is 1.76. The van der Waals surface area contributed by atoms with Gasteiger partial charge in [-0.25, -0.2) is 18.0 Å². The second-order valence-electron chi connectivity index (χ2n) is 5.72. The van der Waals surface area contributed by atoms with Crippen molar-refractivity contribution in [1.82, 2.24) is 5.32 Å². The normalized spacial score (nSPS) is 18.4. The first-order valence-corrected chi connectivity index (χ1v) is 9.64. The van der Waals surface area contributed by atoms with Crippen molar-refractivity contribution in [1.29, 1.82) is 0 Å². The van der Waals surface area contributed by atoms with Gasteiger partial charge in [-0.05, 0) is 30.2 Å². The Morgan fingerprint density at radius 1 is 1.23 bits per heavy atom. The van der Waals surface area contributed by atoms with Crippen LogP contribution in [0.1, 0.15) is 22.3 Å². The number of carbonyl (C=O) groups excluding carboxylic acids is 3. The number of nitrogens with one attached hydrogen (secondary N) is 1. The summed E-state index contributed by atoms with van der Waals surface area (Å²) < 4.78 is 32.0. The predicted octanol–water partition coefficient (Wildman–Crippen LogP) is 0.333. The largest absolute Gasteiger partial charge is 0.465 e. The molecule has 1 unspecified atom stereocenters. The van der Waals surface area contributed by atoms with Crippen molar-refractivity contribution in [3.8, 4) is 0 Å². The molecule has 0 saturated carbocycles. The molecule has 1 saturated heterocycles. The zero-order chi connectivity index (χ0) is 19.2. The van der Waals surface area contributed by atoms with E-state index in [1.165, 1.54) is 13.2 Å². The van der Waals surface area contributed by atoms with Gasteiger partial charge in [-0.3, -0.25) is 4.79 Å². The van der Waals surface area contributed by atoms with Gasteiger partial charge in [0.15, 0.2) is 16.4 Å². The second kappa shape index (κ2) is 8.61. The van der Waals surface area contributed by atoms with Gasteiger partial charge in [0.25, 0.3) is 5.91 Å². The topological polar surface area (TPSA) is 116 Å². The lowest BCUT2D eigenvalue weighted by atomic mass is 10.1. The number of sulfone groups is 1. The monoisotopic (exact) mass is 381 g/mol. The van der Waals surface area contributed by atoms with Crippen molar-refractivity contribution in [2.24, 2.45) is 0 Å². The van der Waals surface area contributed by atoms with Gasteiger partial charge in [0.2, 0.25) is 0 Å². The molecule has 0 aliphatic carbocycles. The summed E-state index contributed by atoms with van der Waals surface area (Å²) in [4.78, 5) is 34.6. The Hall–Kier alpha value is -2.68. The Bertz CT molecular complexity index is 812. The molecular formula is C17H19NO7S. The van der Waals surface area contributed by atoms with Crippen molar-refractivity contribution < 1.29 is 32.3 Å². The highest BCUT2D eigenvalue weighted by Gasteiger charge is 2.28. The fourth-order valence-corrected chi connectivity index (χ4v) is 4.05. The van der Waals surface area contributed by atoms with Crippen LogP contribution in [0.25, 0.3) is 6.08 Å². The summed E-state index contributed by atoms with van der Waals surface area (Å²) in [5.74, 6) is -1.75. The number of hydrogen-bond acceptors (Lipinski definition) is 7. The number of carbonyl (C=O) groups is 3. The number of rotatable bonds is 6. The first kappa shape index (κ1) is 19.6. The molecule has 26 heavy (non-hydrogen) atoms. The van der Waals surface area contributed by atoms with E-state index in [-0.39, 0.29) is 11.5 Å². The Morgan fingerprint density at radius 3 is 2.50 bits per heavy atom. The number of esters is 2. The van der Waals surface area contributed by atoms with Crippen LogP contribution in [0, 0.1) is 0 Å². The first-order chi connectivity index (χ1) is 12.3. The van der Waals surface area contributed by atoms with Crippen molar-refractivity contribution in [3.05, 3.63) is 41.5 Å². The van der Waals surface area contributed by atoms with E-state index in [0.717, 1.165) is 6.08 Å². The summed E-state index contributed by atoms with van der Waals surface area (Å²) in [5.41, 5.74) is 1.05. The second-order valence-corrected chi connectivity index (χ2v) is 7.95. The third-order valence-corrected chi connectivity index (χ3v) is 5.45. The fraction of sp³-hybridized carbons (Fsp3) is 0.353. The molecule has 140 valence electrons. The lowest BCUT2D eigenvalue weighted by Crippen LogP contribution is -2.38. The highest BCUT2D eigenvalue weighted by Crippen LogP contribution is 2.11. The van der Waals surface area contributed by atoms with Crippen molar-refractivity contribution >= 4 is 33.8 Å². The van der Waals surface area contributed by atoms with Gasteiger partial charge in [-0.2, -0.15) is 0 Å². The van der Waals surface area contributed by atoms with E-state index >= 15 is 0 Å². The molecule has 1 aromatic rings. The van der Waals surface area contributed by atoms with E-state index in [2.05, 4.69) is 10.1 Å². The van der Waals surface area contributed by atoms with Gasteiger partial charge in [-0.1, -0.05) is 12.1 Å². The third-order valence-electron chi connectivity index (χ3n) is 3.69. The molecule has 8 nitrogen and oxygen atoms in total. The molecule has 1 amide bonds. The van der Waals surface area contributed by atoms with Crippen molar-refractivity contribution in [3.63, 3.8) is 0 Å². The smallest absolute Gasteiger partial charge is 0.337 e. The molecule has 1 fully saturated rings. The maximum Gasteiger partial charge on any atom is 0.337 e. The summed E-state index contributed by atoms with van der Waals surface area (Å²) in [6.07, 6.45) is 2.99. The molecule has 1 N–H and O–H groups in total. The number of benzene rings is 1. The highest BCUT2D eigenvalue weighted by molar-refractivity contribution is 7.91. The molecule has 9 heteroatoms. The average Bonchev–Trinajstić information content (AvgIpc) is 2.96. The number of hydrogen-bond donors (Lipinski definition) is 1. The van der Waals surface area contributed by atoms with Gasteiger partial charge in [0, 0.05) is 12.1 Å². The number of amides is 1. The van der Waals surface area contributed by atoms with Crippen LogP contribution in [0.4, 0.5) is 0 Å². The van der Waals surface area contributed by atoms with Crippen LogP contribution in [0.5, 0.6) is 0 Å². The van der Waals surface area contributed by atoms with Crippen LogP contribution in [0.15, 0.2) is 30.3 Å². The van der Waals surface area contributed by atoms with Gasteiger partial charge in [0.05, 0.1) is 24.2 Å². The zero-order valence-electron chi connectivity index (χ0n) is 14.1. The van der Waals surface area contributed by atoms with E-state index < -0.39 is 40.3 Å². The maximum absolute atomic E-state index is 11.7. The van der Waals surface area contributed by atoms with Gasteiger partial charge in [0.1, 0.15) is 0 Å². The number of ether oxygens (including phenoxy) is 2. The van der Waals surface area contributed by atoms with E-state index in [0.29, 0.717) is 17.5 Å². The molecule has 1 aliphatic rings. The molecule has 2 rings (SSSR count). The Labute approximate surface area is 151 Å². The number of methoxy groups -OCH3 is 1. The van der Waals surface area contributed by atoms with E-state index in [1.807, 2.05) is 0 Å². The SMILES string of the molecule is COC(=O)c1ccc(C=CC(=O)OCC(=O)NC2CCS(=O)(=O)C2)cc1. The van der Waals surface area contributed by atoms with Gasteiger partial charge >= 0.3 is 11.9 Å². The molecule has 0 spiro atoms. The third kappa shape index (κ3) is 5.99. The minimum absolute atomic E-state index is 0.0508. The van der Waals surface area contributed by atoms with Gasteiger partial charge < -0.3 is 14.8 Å². The zero-order valence-corrected chi connectivity index (χ0v) is 15.0. The lowest BCUT2D eigenvalue weighted by Gasteiger charge is -2.10. The van der Waals surface area contributed by atoms with E-state index in [9.17, 15) is 22.8 Å². The standard InChI is InChI=1S/C17H19NO7S/c1-24-17(21)13-5-2-12(3-6-13)4-7-16(20)25-10-15(19)18-14-8-9-26(22,23)11-14/h2-7,14H,8-11H2,1H3,(H,18,19). The summed E-state index contributed by atoms with van der Waals surface area (Å²) in [5, 5.41) is 2.52. The van der Waals surface area contributed by atoms with E-state index in [4.69, 9.17) is 4.74 Å².